The summed E-state index contributed by atoms with van der Waals surface area (Å²) in [5.41, 5.74) is 8.17. The van der Waals surface area contributed by atoms with Crippen LogP contribution in [0.5, 0.6) is 0 Å². The van der Waals surface area contributed by atoms with Gasteiger partial charge in [0.15, 0.2) is 11.8 Å². The highest BCUT2D eigenvalue weighted by atomic mass is 16.5. The standard InChI is InChI=1S/C33H32N2O2/c1-2-10-24-18-33(17-23(24)9-1,31-34-29(19-36-31)27-15-13-21-7-3-5-11-25(21)27)32-35-30(20-37-32)28-16-14-22-8-4-6-12-26(22)28/h1-12,27-30H,13-20H2/t27?,28?,29-,30-/m1/s1. The fraction of sp³-hybridized carbons (Fsp3) is 0.394. The molecular formula is C33H32N2O2. The van der Waals surface area contributed by atoms with Crippen LogP contribution < -0.4 is 0 Å². The van der Waals surface area contributed by atoms with Crippen molar-refractivity contribution in [1.29, 1.82) is 0 Å². The highest BCUT2D eigenvalue weighted by molar-refractivity contribution is 6.07. The van der Waals surface area contributed by atoms with Crippen molar-refractivity contribution >= 4 is 11.8 Å². The quantitative estimate of drug-likeness (QED) is 0.464. The molecule has 37 heavy (non-hydrogen) atoms. The first-order valence-corrected chi connectivity index (χ1v) is 13.9. The summed E-state index contributed by atoms with van der Waals surface area (Å²) in [7, 11) is 0. The van der Waals surface area contributed by atoms with Gasteiger partial charge in [-0.25, -0.2) is 9.98 Å². The van der Waals surface area contributed by atoms with E-state index in [4.69, 9.17) is 19.5 Å². The minimum Gasteiger partial charge on any atom is -0.478 e. The lowest BCUT2D eigenvalue weighted by Crippen LogP contribution is -2.41. The molecule has 4 heteroatoms. The van der Waals surface area contributed by atoms with E-state index >= 15 is 0 Å². The topological polar surface area (TPSA) is 43.2 Å². The van der Waals surface area contributed by atoms with Crippen molar-refractivity contribution < 1.29 is 9.47 Å². The molecule has 0 aromatic heterocycles. The van der Waals surface area contributed by atoms with Gasteiger partial charge in [-0.2, -0.15) is 0 Å². The third-order valence-corrected chi connectivity index (χ3v) is 9.56. The Morgan fingerprint density at radius 2 is 1.00 bits per heavy atom. The van der Waals surface area contributed by atoms with Crippen LogP contribution in [-0.2, 0) is 35.2 Å². The third kappa shape index (κ3) is 3.34. The lowest BCUT2D eigenvalue weighted by molar-refractivity contribution is 0.245. The average molecular weight is 489 g/mol. The number of hydrogen-bond acceptors (Lipinski definition) is 4. The summed E-state index contributed by atoms with van der Waals surface area (Å²) in [6.07, 6.45) is 6.28. The Kier molecular flexibility index (Phi) is 4.86. The number of benzene rings is 3. The molecule has 0 N–H and O–H groups in total. The number of aryl methyl sites for hydroxylation is 2. The molecule has 2 aliphatic heterocycles. The maximum absolute atomic E-state index is 6.53. The Bertz CT molecular complexity index is 1330. The van der Waals surface area contributed by atoms with E-state index in [0.717, 1.165) is 50.3 Å². The largest absolute Gasteiger partial charge is 0.478 e. The molecule has 2 heterocycles. The van der Waals surface area contributed by atoms with Gasteiger partial charge in [-0.15, -0.1) is 0 Å². The Balaban J connectivity index is 1.15. The summed E-state index contributed by atoms with van der Waals surface area (Å²) in [5, 5.41) is 0. The molecule has 3 aliphatic carbocycles. The number of hydrogen-bond donors (Lipinski definition) is 0. The van der Waals surface area contributed by atoms with Gasteiger partial charge in [0.05, 0.1) is 12.1 Å². The summed E-state index contributed by atoms with van der Waals surface area (Å²) >= 11 is 0. The van der Waals surface area contributed by atoms with E-state index < -0.39 is 5.41 Å². The molecule has 0 saturated heterocycles. The van der Waals surface area contributed by atoms with Crippen molar-refractivity contribution in [2.24, 2.45) is 15.4 Å². The highest BCUT2D eigenvalue weighted by Gasteiger charge is 2.53. The zero-order valence-electron chi connectivity index (χ0n) is 21.1. The minimum absolute atomic E-state index is 0.166. The molecule has 4 atom stereocenters. The Hall–Kier alpha value is -3.40. The second kappa shape index (κ2) is 8.31. The second-order valence-corrected chi connectivity index (χ2v) is 11.5. The number of ether oxygens (including phenoxy) is 2. The van der Waals surface area contributed by atoms with Crippen molar-refractivity contribution in [3.8, 4) is 0 Å². The van der Waals surface area contributed by atoms with Gasteiger partial charge in [-0.05, 0) is 71.9 Å². The Labute approximate surface area is 218 Å². The van der Waals surface area contributed by atoms with Gasteiger partial charge in [-0.1, -0.05) is 72.8 Å². The minimum atomic E-state index is -0.427. The van der Waals surface area contributed by atoms with Crippen LogP contribution >= 0.6 is 0 Å². The molecule has 0 saturated carbocycles. The van der Waals surface area contributed by atoms with E-state index in [0.29, 0.717) is 25.0 Å². The van der Waals surface area contributed by atoms with Crippen molar-refractivity contribution in [3.05, 3.63) is 106 Å². The lowest BCUT2D eigenvalue weighted by atomic mass is 9.83. The summed E-state index contributed by atoms with van der Waals surface area (Å²) in [4.78, 5) is 10.7. The molecule has 4 nitrogen and oxygen atoms in total. The van der Waals surface area contributed by atoms with Gasteiger partial charge >= 0.3 is 0 Å². The van der Waals surface area contributed by atoms with E-state index in [-0.39, 0.29) is 12.1 Å². The molecule has 3 aromatic carbocycles. The van der Waals surface area contributed by atoms with Crippen LogP contribution in [0.25, 0.3) is 0 Å². The zero-order chi connectivity index (χ0) is 24.4. The summed E-state index contributed by atoms with van der Waals surface area (Å²) < 4.78 is 13.1. The molecule has 0 bridgehead atoms. The van der Waals surface area contributed by atoms with Gasteiger partial charge in [0.25, 0.3) is 0 Å². The van der Waals surface area contributed by atoms with Gasteiger partial charge in [-0.3, -0.25) is 0 Å². The van der Waals surface area contributed by atoms with Gasteiger partial charge < -0.3 is 9.47 Å². The van der Waals surface area contributed by atoms with E-state index in [2.05, 4.69) is 72.8 Å². The van der Waals surface area contributed by atoms with Crippen LogP contribution in [0, 0.1) is 5.41 Å². The molecule has 0 spiro atoms. The maximum atomic E-state index is 6.53. The lowest BCUT2D eigenvalue weighted by Gasteiger charge is -2.27. The van der Waals surface area contributed by atoms with Crippen LogP contribution in [0.2, 0.25) is 0 Å². The third-order valence-electron chi connectivity index (χ3n) is 9.56. The summed E-state index contributed by atoms with van der Waals surface area (Å²) in [6, 6.07) is 26.9. The zero-order valence-corrected chi connectivity index (χ0v) is 21.1. The molecule has 5 aliphatic rings. The maximum Gasteiger partial charge on any atom is 0.200 e. The predicted molar refractivity (Wildman–Crippen MR) is 146 cm³/mol. The number of nitrogens with zero attached hydrogens (tertiary/aromatic N) is 2. The first-order chi connectivity index (χ1) is 18.3. The molecule has 2 unspecified atom stereocenters. The fourth-order valence-electron chi connectivity index (χ4n) is 7.70. The van der Waals surface area contributed by atoms with Crippen LogP contribution in [0.15, 0.2) is 82.8 Å². The second-order valence-electron chi connectivity index (χ2n) is 11.5. The molecule has 186 valence electrons. The molecule has 3 aromatic rings. The van der Waals surface area contributed by atoms with Gasteiger partial charge in [0.2, 0.25) is 0 Å². The SMILES string of the molecule is c1ccc2c(c1)CC(C1=N[C@@H](C3CCc4ccccc43)CO1)(C1=N[C@@H](C3CCc4ccccc43)CO1)C2. The monoisotopic (exact) mass is 488 g/mol. The normalized spacial score (nSPS) is 28.6. The van der Waals surface area contributed by atoms with Crippen LogP contribution in [0.1, 0.15) is 58.1 Å². The average Bonchev–Trinajstić information content (AvgIpc) is 3.76. The molecule has 0 amide bonds. The first kappa shape index (κ1) is 21.7. The van der Waals surface area contributed by atoms with Gasteiger partial charge in [0.1, 0.15) is 18.6 Å². The molecule has 0 fully saturated rings. The van der Waals surface area contributed by atoms with Crippen molar-refractivity contribution in [2.45, 2.75) is 62.4 Å². The molecule has 8 rings (SSSR count). The van der Waals surface area contributed by atoms with Gasteiger partial charge in [0, 0.05) is 11.8 Å². The molecular weight excluding hydrogens is 456 g/mol. The number of fused-ring (bicyclic) bond motifs is 3. The van der Waals surface area contributed by atoms with E-state index in [1.165, 1.54) is 33.4 Å². The summed E-state index contributed by atoms with van der Waals surface area (Å²) in [5.74, 6) is 2.57. The highest BCUT2D eigenvalue weighted by Crippen LogP contribution is 2.47. The Morgan fingerprint density at radius 1 is 0.568 bits per heavy atom. The van der Waals surface area contributed by atoms with Crippen molar-refractivity contribution in [1.82, 2.24) is 0 Å². The van der Waals surface area contributed by atoms with Crippen molar-refractivity contribution in [3.63, 3.8) is 0 Å². The Morgan fingerprint density at radius 3 is 1.49 bits per heavy atom. The van der Waals surface area contributed by atoms with Crippen molar-refractivity contribution in [2.75, 3.05) is 13.2 Å². The van der Waals surface area contributed by atoms with E-state index in [9.17, 15) is 0 Å². The summed E-state index contributed by atoms with van der Waals surface area (Å²) in [6.45, 7) is 1.30. The number of aliphatic imine (C=N–C) groups is 2. The van der Waals surface area contributed by atoms with E-state index in [1.54, 1.807) is 0 Å². The predicted octanol–water partition coefficient (Wildman–Crippen LogP) is 5.83. The number of rotatable bonds is 4. The van der Waals surface area contributed by atoms with Crippen LogP contribution in [0.3, 0.4) is 0 Å². The van der Waals surface area contributed by atoms with E-state index in [1.807, 2.05) is 0 Å². The van der Waals surface area contributed by atoms with Crippen LogP contribution in [-0.4, -0.2) is 37.1 Å². The molecule has 0 radical (unpaired) electrons. The smallest absolute Gasteiger partial charge is 0.200 e. The fourth-order valence-corrected chi connectivity index (χ4v) is 7.70. The first-order valence-electron chi connectivity index (χ1n) is 13.9. The van der Waals surface area contributed by atoms with Crippen LogP contribution in [0.4, 0.5) is 0 Å².